The second kappa shape index (κ2) is 6.18. The van der Waals surface area contributed by atoms with Gasteiger partial charge in [0.15, 0.2) is 5.82 Å². The Hall–Kier alpha value is -2.93. The fourth-order valence-corrected chi connectivity index (χ4v) is 2.91. The summed E-state index contributed by atoms with van der Waals surface area (Å²) in [6.07, 6.45) is 0.217. The highest BCUT2D eigenvalue weighted by atomic mass is 35.5. The molecule has 4 rings (SSSR count). The van der Waals surface area contributed by atoms with Crippen LogP contribution >= 0.6 is 11.6 Å². The van der Waals surface area contributed by atoms with Gasteiger partial charge in [0.1, 0.15) is 11.5 Å². The Balaban J connectivity index is 1.84. The average Bonchev–Trinajstić information content (AvgIpc) is 3.18. The van der Waals surface area contributed by atoms with Gasteiger partial charge in [0.2, 0.25) is 5.91 Å². The van der Waals surface area contributed by atoms with E-state index in [0.29, 0.717) is 28.2 Å². The van der Waals surface area contributed by atoms with E-state index in [-0.39, 0.29) is 24.0 Å². The maximum atomic E-state index is 13.4. The summed E-state index contributed by atoms with van der Waals surface area (Å²) in [4.78, 5) is 19.4. The summed E-state index contributed by atoms with van der Waals surface area (Å²) in [7, 11) is 0. The second-order valence-corrected chi connectivity index (χ2v) is 5.91. The molecule has 0 atom stereocenters. The maximum absolute atomic E-state index is 13.4. The molecule has 4 aromatic rings. The largest absolute Gasteiger partial charge is 0.336 e. The second-order valence-electron chi connectivity index (χ2n) is 5.53. The lowest BCUT2D eigenvalue weighted by atomic mass is 10.1. The first kappa shape index (κ1) is 15.6. The minimum atomic E-state index is -0.344. The molecule has 25 heavy (non-hydrogen) atoms. The SMILES string of the molecule is O=C(CCCl)Nc1cccc2[nH]nc(-c3nc4ccc(F)cc4[nH]3)c12. The van der Waals surface area contributed by atoms with Crippen molar-refractivity contribution in [2.24, 2.45) is 0 Å². The summed E-state index contributed by atoms with van der Waals surface area (Å²) >= 11 is 5.62. The van der Waals surface area contributed by atoms with Crippen molar-refractivity contribution in [1.82, 2.24) is 20.2 Å². The zero-order chi connectivity index (χ0) is 17.4. The van der Waals surface area contributed by atoms with Gasteiger partial charge in [-0.15, -0.1) is 11.6 Å². The molecule has 2 aromatic heterocycles. The van der Waals surface area contributed by atoms with Gasteiger partial charge >= 0.3 is 0 Å². The van der Waals surface area contributed by atoms with Crippen LogP contribution in [-0.4, -0.2) is 32.0 Å². The Morgan fingerprint density at radius 3 is 2.96 bits per heavy atom. The molecule has 0 spiro atoms. The molecule has 0 unspecified atom stereocenters. The number of aromatic nitrogens is 4. The Bertz CT molecular complexity index is 1090. The van der Waals surface area contributed by atoms with Crippen LogP contribution < -0.4 is 5.32 Å². The number of nitrogens with zero attached hydrogens (tertiary/aromatic N) is 2. The quantitative estimate of drug-likeness (QED) is 0.485. The summed E-state index contributed by atoms with van der Waals surface area (Å²) in [6.45, 7) is 0. The van der Waals surface area contributed by atoms with Crippen molar-refractivity contribution in [2.45, 2.75) is 6.42 Å². The molecule has 0 radical (unpaired) electrons. The number of benzene rings is 2. The number of amides is 1. The fourth-order valence-electron chi connectivity index (χ4n) is 2.74. The van der Waals surface area contributed by atoms with Crippen LogP contribution in [0.4, 0.5) is 10.1 Å². The predicted octanol–water partition coefficient (Wildman–Crippen LogP) is 3.81. The highest BCUT2D eigenvalue weighted by molar-refractivity contribution is 6.19. The normalized spacial score (nSPS) is 11.3. The Kier molecular flexibility index (Phi) is 3.85. The highest BCUT2D eigenvalue weighted by Gasteiger charge is 2.17. The smallest absolute Gasteiger partial charge is 0.225 e. The lowest BCUT2D eigenvalue weighted by Gasteiger charge is -2.06. The first-order chi connectivity index (χ1) is 12.2. The minimum absolute atomic E-state index is 0.179. The lowest BCUT2D eigenvalue weighted by Crippen LogP contribution is -2.11. The molecule has 0 fully saturated rings. The van der Waals surface area contributed by atoms with E-state index >= 15 is 0 Å². The summed E-state index contributed by atoms with van der Waals surface area (Å²) in [5.74, 6) is 0.214. The summed E-state index contributed by atoms with van der Waals surface area (Å²) < 4.78 is 13.4. The van der Waals surface area contributed by atoms with Gasteiger partial charge in [-0.1, -0.05) is 6.07 Å². The van der Waals surface area contributed by atoms with Gasteiger partial charge in [0, 0.05) is 12.3 Å². The third kappa shape index (κ3) is 2.83. The molecule has 0 saturated carbocycles. The van der Waals surface area contributed by atoms with Crippen molar-refractivity contribution in [1.29, 1.82) is 0 Å². The average molecular weight is 358 g/mol. The molecule has 2 aromatic carbocycles. The zero-order valence-corrected chi connectivity index (χ0v) is 13.7. The van der Waals surface area contributed by atoms with Gasteiger partial charge in [-0.25, -0.2) is 9.37 Å². The van der Waals surface area contributed by atoms with Crippen molar-refractivity contribution in [2.75, 3.05) is 11.2 Å². The fraction of sp³-hybridized carbons (Fsp3) is 0.118. The minimum Gasteiger partial charge on any atom is -0.336 e. The van der Waals surface area contributed by atoms with Crippen molar-refractivity contribution in [3.63, 3.8) is 0 Å². The number of imidazole rings is 1. The molecule has 0 aliphatic heterocycles. The van der Waals surface area contributed by atoms with Crippen LogP contribution in [0.5, 0.6) is 0 Å². The van der Waals surface area contributed by atoms with E-state index in [2.05, 4.69) is 25.5 Å². The van der Waals surface area contributed by atoms with E-state index in [1.54, 1.807) is 12.1 Å². The number of fused-ring (bicyclic) bond motifs is 2. The third-order valence-corrected chi connectivity index (χ3v) is 4.04. The maximum Gasteiger partial charge on any atom is 0.225 e. The van der Waals surface area contributed by atoms with Gasteiger partial charge < -0.3 is 10.3 Å². The molecule has 6 nitrogen and oxygen atoms in total. The highest BCUT2D eigenvalue weighted by Crippen LogP contribution is 2.32. The van der Waals surface area contributed by atoms with Crippen molar-refractivity contribution in [3.8, 4) is 11.5 Å². The first-order valence-electron chi connectivity index (χ1n) is 7.64. The molecular formula is C17H13ClFN5O. The number of rotatable bonds is 4. The summed E-state index contributed by atoms with van der Waals surface area (Å²) in [5, 5.41) is 10.8. The number of anilines is 1. The van der Waals surface area contributed by atoms with Crippen LogP contribution in [0.25, 0.3) is 33.5 Å². The van der Waals surface area contributed by atoms with Crippen LogP contribution in [0, 0.1) is 5.82 Å². The molecule has 8 heteroatoms. The number of hydrogen-bond acceptors (Lipinski definition) is 3. The summed E-state index contributed by atoms with van der Waals surface area (Å²) in [5.41, 5.74) is 3.13. The molecule has 0 aliphatic carbocycles. The number of halogens is 2. The first-order valence-corrected chi connectivity index (χ1v) is 8.17. The van der Waals surface area contributed by atoms with Gasteiger partial charge in [-0.2, -0.15) is 5.10 Å². The number of carbonyl (C=O) groups excluding carboxylic acids is 1. The van der Waals surface area contributed by atoms with Crippen LogP contribution in [0.3, 0.4) is 0 Å². The van der Waals surface area contributed by atoms with Gasteiger partial charge in [0.25, 0.3) is 0 Å². The Morgan fingerprint density at radius 1 is 1.24 bits per heavy atom. The Morgan fingerprint density at radius 2 is 2.12 bits per heavy atom. The van der Waals surface area contributed by atoms with Crippen LogP contribution in [0.15, 0.2) is 36.4 Å². The molecule has 1 amide bonds. The monoisotopic (exact) mass is 357 g/mol. The number of alkyl halides is 1. The Labute approximate surface area is 146 Å². The van der Waals surface area contributed by atoms with Crippen molar-refractivity contribution >= 4 is 45.1 Å². The van der Waals surface area contributed by atoms with E-state index < -0.39 is 0 Å². The van der Waals surface area contributed by atoms with Crippen LogP contribution in [0.1, 0.15) is 6.42 Å². The molecule has 0 aliphatic rings. The number of hydrogen-bond donors (Lipinski definition) is 3. The van der Waals surface area contributed by atoms with Crippen LogP contribution in [0.2, 0.25) is 0 Å². The summed E-state index contributed by atoms with van der Waals surface area (Å²) in [6, 6.07) is 9.79. The lowest BCUT2D eigenvalue weighted by molar-refractivity contribution is -0.115. The molecular weight excluding hydrogens is 345 g/mol. The van der Waals surface area contributed by atoms with Crippen LogP contribution in [-0.2, 0) is 4.79 Å². The van der Waals surface area contributed by atoms with Crippen molar-refractivity contribution in [3.05, 3.63) is 42.2 Å². The number of nitrogens with one attached hydrogen (secondary N) is 3. The zero-order valence-electron chi connectivity index (χ0n) is 12.9. The predicted molar refractivity (Wildman–Crippen MR) is 95.1 cm³/mol. The molecule has 0 saturated heterocycles. The van der Waals surface area contributed by atoms with E-state index in [1.165, 1.54) is 12.1 Å². The van der Waals surface area contributed by atoms with Gasteiger partial charge in [-0.3, -0.25) is 9.89 Å². The molecule has 3 N–H and O–H groups in total. The van der Waals surface area contributed by atoms with Crippen molar-refractivity contribution < 1.29 is 9.18 Å². The van der Waals surface area contributed by atoms with E-state index in [0.717, 1.165) is 10.9 Å². The van der Waals surface area contributed by atoms with E-state index in [1.807, 2.05) is 12.1 Å². The molecule has 126 valence electrons. The molecule has 0 bridgehead atoms. The van der Waals surface area contributed by atoms with E-state index in [9.17, 15) is 9.18 Å². The number of H-pyrrole nitrogens is 2. The van der Waals surface area contributed by atoms with Gasteiger partial charge in [0.05, 0.1) is 27.6 Å². The topological polar surface area (TPSA) is 86.5 Å². The molecule has 2 heterocycles. The number of aromatic amines is 2. The standard InChI is InChI=1S/C17H13ClFN5O/c18-7-6-14(25)20-11-2-1-3-12-15(11)16(24-23-12)17-21-10-5-4-9(19)8-13(10)22-17/h1-5,8H,6-7H2,(H,20,25)(H,21,22)(H,23,24). The third-order valence-electron chi connectivity index (χ3n) is 3.85. The van der Waals surface area contributed by atoms with E-state index in [4.69, 9.17) is 11.6 Å². The number of carbonyl (C=O) groups is 1. The van der Waals surface area contributed by atoms with Gasteiger partial charge in [-0.05, 0) is 30.3 Å².